The van der Waals surface area contributed by atoms with Crippen LogP contribution in [0, 0.1) is 0 Å². The zero-order valence-corrected chi connectivity index (χ0v) is 12.9. The molecule has 1 aliphatic rings. The molecule has 1 unspecified atom stereocenters. The van der Waals surface area contributed by atoms with Gasteiger partial charge in [0, 0.05) is 23.7 Å². The normalized spacial score (nSPS) is 17.4. The zero-order valence-electron chi connectivity index (χ0n) is 12.9. The van der Waals surface area contributed by atoms with E-state index in [9.17, 15) is 14.7 Å². The van der Waals surface area contributed by atoms with E-state index >= 15 is 0 Å². The minimum atomic E-state index is -0.954. The molecule has 1 aromatic heterocycles. The highest BCUT2D eigenvalue weighted by molar-refractivity contribution is 6.08. The van der Waals surface area contributed by atoms with Crippen molar-refractivity contribution in [3.8, 4) is 5.75 Å². The van der Waals surface area contributed by atoms with E-state index < -0.39 is 12.0 Å². The maximum atomic E-state index is 12.8. The van der Waals surface area contributed by atoms with Gasteiger partial charge in [-0.2, -0.15) is 0 Å². The Morgan fingerprint density at radius 3 is 2.96 bits per heavy atom. The number of fused-ring (bicyclic) bond motifs is 1. The number of carboxylic acids is 1. The average molecular weight is 314 g/mol. The molecule has 1 aromatic carbocycles. The van der Waals surface area contributed by atoms with Gasteiger partial charge >= 0.3 is 5.97 Å². The van der Waals surface area contributed by atoms with Crippen LogP contribution in [0.4, 0.5) is 0 Å². The largest absolute Gasteiger partial charge is 0.492 e. The van der Waals surface area contributed by atoms with E-state index in [4.69, 9.17) is 4.74 Å². The maximum absolute atomic E-state index is 12.8. The van der Waals surface area contributed by atoms with Gasteiger partial charge in [-0.3, -0.25) is 9.78 Å². The summed E-state index contributed by atoms with van der Waals surface area (Å²) in [4.78, 5) is 29.9. The number of aliphatic carboxylic acids is 1. The van der Waals surface area contributed by atoms with E-state index in [1.54, 1.807) is 24.4 Å². The molecule has 1 aliphatic heterocycles. The first-order chi connectivity index (χ1) is 11.1. The lowest BCUT2D eigenvalue weighted by atomic mass is 10.1. The summed E-state index contributed by atoms with van der Waals surface area (Å²) in [6, 6.07) is 6.23. The lowest BCUT2D eigenvalue weighted by Crippen LogP contribution is -2.40. The highest BCUT2D eigenvalue weighted by atomic mass is 16.5. The van der Waals surface area contributed by atoms with Gasteiger partial charge in [-0.25, -0.2) is 4.79 Å². The standard InChI is InChI=1S/C17H18N2O4/c1-2-23-14-8-7-12(11-5-3-9-18-15(11)14)16(20)19-10-4-6-13(19)17(21)22/h3,5,7-9,13H,2,4,6,10H2,1H3,(H,21,22). The zero-order chi connectivity index (χ0) is 16.4. The summed E-state index contributed by atoms with van der Waals surface area (Å²) in [5.74, 6) is -0.601. The second-order valence-electron chi connectivity index (χ2n) is 5.44. The first kappa shape index (κ1) is 15.3. The topological polar surface area (TPSA) is 79.7 Å². The number of rotatable bonds is 4. The van der Waals surface area contributed by atoms with Gasteiger partial charge in [-0.1, -0.05) is 6.07 Å². The fourth-order valence-corrected chi connectivity index (χ4v) is 3.03. The van der Waals surface area contributed by atoms with Crippen LogP contribution in [0.2, 0.25) is 0 Å². The van der Waals surface area contributed by atoms with Crippen LogP contribution in [0.5, 0.6) is 5.75 Å². The minimum absolute atomic E-state index is 0.268. The number of amides is 1. The quantitative estimate of drug-likeness (QED) is 0.937. The Hall–Kier alpha value is -2.63. The van der Waals surface area contributed by atoms with Crippen molar-refractivity contribution in [2.24, 2.45) is 0 Å². The molecule has 0 spiro atoms. The Kier molecular flexibility index (Phi) is 4.14. The van der Waals surface area contributed by atoms with Crippen molar-refractivity contribution >= 4 is 22.8 Å². The summed E-state index contributed by atoms with van der Waals surface area (Å²) in [5.41, 5.74) is 1.08. The molecule has 2 heterocycles. The van der Waals surface area contributed by atoms with Gasteiger partial charge in [0.15, 0.2) is 0 Å². The van der Waals surface area contributed by atoms with Crippen molar-refractivity contribution in [2.45, 2.75) is 25.8 Å². The first-order valence-electron chi connectivity index (χ1n) is 7.67. The Morgan fingerprint density at radius 1 is 1.39 bits per heavy atom. The Morgan fingerprint density at radius 2 is 2.22 bits per heavy atom. The van der Waals surface area contributed by atoms with Crippen molar-refractivity contribution in [3.05, 3.63) is 36.0 Å². The molecule has 6 nitrogen and oxygen atoms in total. The highest BCUT2D eigenvalue weighted by Gasteiger charge is 2.35. The molecule has 120 valence electrons. The molecule has 0 saturated carbocycles. The minimum Gasteiger partial charge on any atom is -0.492 e. The molecule has 1 N–H and O–H groups in total. The number of benzene rings is 1. The van der Waals surface area contributed by atoms with Crippen molar-refractivity contribution in [1.82, 2.24) is 9.88 Å². The summed E-state index contributed by atoms with van der Waals surface area (Å²) in [6.45, 7) is 2.85. The van der Waals surface area contributed by atoms with Crippen LogP contribution in [0.3, 0.4) is 0 Å². The van der Waals surface area contributed by atoms with E-state index in [-0.39, 0.29) is 5.91 Å². The van der Waals surface area contributed by atoms with E-state index in [1.165, 1.54) is 4.90 Å². The van der Waals surface area contributed by atoms with Gasteiger partial charge in [0.05, 0.1) is 6.61 Å². The Labute approximate surface area is 133 Å². The van der Waals surface area contributed by atoms with E-state index in [2.05, 4.69) is 4.98 Å². The molecular weight excluding hydrogens is 296 g/mol. The van der Waals surface area contributed by atoms with Gasteiger partial charge in [0.25, 0.3) is 5.91 Å². The smallest absolute Gasteiger partial charge is 0.326 e. The molecule has 23 heavy (non-hydrogen) atoms. The van der Waals surface area contributed by atoms with Crippen molar-refractivity contribution in [1.29, 1.82) is 0 Å². The molecule has 1 amide bonds. The van der Waals surface area contributed by atoms with Crippen molar-refractivity contribution in [3.63, 3.8) is 0 Å². The highest BCUT2D eigenvalue weighted by Crippen LogP contribution is 2.29. The van der Waals surface area contributed by atoms with Crippen LogP contribution >= 0.6 is 0 Å². The van der Waals surface area contributed by atoms with E-state index in [0.717, 1.165) is 0 Å². The number of nitrogens with zero attached hydrogens (tertiary/aromatic N) is 2. The molecule has 3 rings (SSSR count). The molecule has 0 radical (unpaired) electrons. The monoisotopic (exact) mass is 314 g/mol. The third-order valence-electron chi connectivity index (χ3n) is 4.06. The number of hydrogen-bond donors (Lipinski definition) is 1. The van der Waals surface area contributed by atoms with Crippen LogP contribution < -0.4 is 4.74 Å². The summed E-state index contributed by atoms with van der Waals surface area (Å²) in [5, 5.41) is 9.96. The summed E-state index contributed by atoms with van der Waals surface area (Å²) in [7, 11) is 0. The number of carbonyl (C=O) groups is 2. The van der Waals surface area contributed by atoms with Crippen LogP contribution in [0.25, 0.3) is 10.9 Å². The number of carbonyl (C=O) groups excluding carboxylic acids is 1. The predicted molar refractivity (Wildman–Crippen MR) is 84.6 cm³/mol. The van der Waals surface area contributed by atoms with Gasteiger partial charge in [0.1, 0.15) is 17.3 Å². The van der Waals surface area contributed by atoms with Gasteiger partial charge in [0.2, 0.25) is 0 Å². The number of ether oxygens (including phenoxy) is 1. The van der Waals surface area contributed by atoms with Crippen LogP contribution in [-0.2, 0) is 4.79 Å². The average Bonchev–Trinajstić information content (AvgIpc) is 3.05. The number of carboxylic acid groups (broad SMARTS) is 1. The molecule has 6 heteroatoms. The van der Waals surface area contributed by atoms with Crippen LogP contribution in [-0.4, -0.2) is 46.1 Å². The third-order valence-corrected chi connectivity index (χ3v) is 4.06. The van der Waals surface area contributed by atoms with E-state index in [0.29, 0.717) is 48.2 Å². The fourth-order valence-electron chi connectivity index (χ4n) is 3.03. The fraction of sp³-hybridized carbons (Fsp3) is 0.353. The Bertz CT molecular complexity index is 759. The van der Waals surface area contributed by atoms with Gasteiger partial charge in [-0.15, -0.1) is 0 Å². The van der Waals surface area contributed by atoms with Crippen LogP contribution in [0.15, 0.2) is 30.5 Å². The third kappa shape index (κ3) is 2.72. The second kappa shape index (κ2) is 6.24. The van der Waals surface area contributed by atoms with E-state index in [1.807, 2.05) is 13.0 Å². The molecular formula is C17H18N2O4. The van der Waals surface area contributed by atoms with Gasteiger partial charge < -0.3 is 14.7 Å². The van der Waals surface area contributed by atoms with Crippen LogP contribution in [0.1, 0.15) is 30.1 Å². The van der Waals surface area contributed by atoms with Gasteiger partial charge in [-0.05, 0) is 38.0 Å². The lowest BCUT2D eigenvalue weighted by Gasteiger charge is -2.22. The Balaban J connectivity index is 2.05. The van der Waals surface area contributed by atoms with Crippen molar-refractivity contribution < 1.29 is 19.4 Å². The molecule has 2 aromatic rings. The first-order valence-corrected chi connectivity index (χ1v) is 7.67. The predicted octanol–water partition coefficient (Wildman–Crippen LogP) is 2.32. The molecule has 1 saturated heterocycles. The molecule has 0 aliphatic carbocycles. The molecule has 0 bridgehead atoms. The number of hydrogen-bond acceptors (Lipinski definition) is 4. The molecule has 1 fully saturated rings. The summed E-state index contributed by atoms with van der Waals surface area (Å²) < 4.78 is 5.56. The SMILES string of the molecule is CCOc1ccc(C(=O)N2CCCC2C(=O)O)c2cccnc12. The molecule has 1 atom stereocenters. The van der Waals surface area contributed by atoms with Crippen molar-refractivity contribution in [2.75, 3.05) is 13.2 Å². The second-order valence-corrected chi connectivity index (χ2v) is 5.44. The number of likely N-dealkylation sites (tertiary alicyclic amines) is 1. The number of aromatic nitrogens is 1. The lowest BCUT2D eigenvalue weighted by molar-refractivity contribution is -0.141. The summed E-state index contributed by atoms with van der Waals surface area (Å²) in [6.07, 6.45) is 2.85. The maximum Gasteiger partial charge on any atom is 0.326 e. The summed E-state index contributed by atoms with van der Waals surface area (Å²) >= 11 is 0. The number of pyridine rings is 1.